The number of aryl methyl sites for hydroxylation is 2. The van der Waals surface area contributed by atoms with Crippen LogP contribution >= 0.6 is 0 Å². The number of anilines is 1. The molecule has 2 rings (SSSR count). The summed E-state index contributed by atoms with van der Waals surface area (Å²) in [5, 5.41) is 3.08. The first-order valence-electron chi connectivity index (χ1n) is 5.74. The monoisotopic (exact) mass is 261 g/mol. The molecule has 0 fully saturated rings. The Balaban J connectivity index is 2.21. The number of hydrogen-bond donors (Lipinski definition) is 1. The van der Waals surface area contributed by atoms with E-state index in [-0.39, 0.29) is 0 Å². The lowest BCUT2D eigenvalue weighted by molar-refractivity contribution is 0.0601. The van der Waals surface area contributed by atoms with E-state index >= 15 is 0 Å². The van der Waals surface area contributed by atoms with Crippen LogP contribution in [-0.2, 0) is 18.3 Å². The first-order chi connectivity index (χ1) is 9.11. The zero-order valence-electron chi connectivity index (χ0n) is 11.0. The minimum absolute atomic E-state index is 0.308. The van der Waals surface area contributed by atoms with Gasteiger partial charge >= 0.3 is 5.97 Å². The highest BCUT2D eigenvalue weighted by Gasteiger charge is 2.14. The van der Waals surface area contributed by atoms with Crippen molar-refractivity contribution in [2.75, 3.05) is 12.4 Å². The van der Waals surface area contributed by atoms with Crippen molar-refractivity contribution in [2.24, 2.45) is 7.05 Å². The Morgan fingerprint density at radius 1 is 1.47 bits per heavy atom. The van der Waals surface area contributed by atoms with Crippen LogP contribution in [0.2, 0.25) is 0 Å². The number of carbonyl (C=O) groups excluding carboxylic acids is 1. The van der Waals surface area contributed by atoms with Crippen LogP contribution < -0.4 is 5.32 Å². The number of imidazole rings is 1. The summed E-state index contributed by atoms with van der Waals surface area (Å²) >= 11 is 0. The standard InChI is InChI=1S/C12H15N5O2/c1-8-14-6-9(12(18)19-3)11(16-8)15-7-10-13-4-5-17(10)2/h4-6H,7H2,1-3H3,(H,14,15,16). The van der Waals surface area contributed by atoms with E-state index < -0.39 is 5.97 Å². The lowest BCUT2D eigenvalue weighted by Crippen LogP contribution is -2.13. The molecule has 7 nitrogen and oxygen atoms in total. The van der Waals surface area contributed by atoms with Gasteiger partial charge in [-0.1, -0.05) is 0 Å². The number of esters is 1. The van der Waals surface area contributed by atoms with Crippen molar-refractivity contribution in [3.05, 3.63) is 35.8 Å². The Labute approximate surface area is 110 Å². The van der Waals surface area contributed by atoms with Crippen LogP contribution in [-0.4, -0.2) is 32.6 Å². The van der Waals surface area contributed by atoms with E-state index in [1.165, 1.54) is 13.3 Å². The third-order valence-corrected chi connectivity index (χ3v) is 2.65. The van der Waals surface area contributed by atoms with Gasteiger partial charge in [0.25, 0.3) is 0 Å². The highest BCUT2D eigenvalue weighted by atomic mass is 16.5. The van der Waals surface area contributed by atoms with Gasteiger partial charge < -0.3 is 14.6 Å². The number of aromatic nitrogens is 4. The number of hydrogen-bond acceptors (Lipinski definition) is 6. The summed E-state index contributed by atoms with van der Waals surface area (Å²) in [5.74, 6) is 1.40. The second-order valence-electron chi connectivity index (χ2n) is 3.98. The van der Waals surface area contributed by atoms with Crippen molar-refractivity contribution in [3.8, 4) is 0 Å². The summed E-state index contributed by atoms with van der Waals surface area (Å²) in [6, 6.07) is 0. The molecule has 0 aliphatic rings. The molecule has 0 radical (unpaired) electrons. The Hall–Kier alpha value is -2.44. The van der Waals surface area contributed by atoms with Gasteiger partial charge in [-0.15, -0.1) is 0 Å². The second-order valence-corrected chi connectivity index (χ2v) is 3.98. The molecule has 2 aromatic heterocycles. The topological polar surface area (TPSA) is 81.9 Å². The number of nitrogens with zero attached hydrogens (tertiary/aromatic N) is 4. The Bertz CT molecular complexity index is 594. The molecule has 0 saturated heterocycles. The van der Waals surface area contributed by atoms with Crippen LogP contribution in [0.5, 0.6) is 0 Å². The molecule has 0 aliphatic heterocycles. The summed E-state index contributed by atoms with van der Waals surface area (Å²) in [6.07, 6.45) is 5.02. The van der Waals surface area contributed by atoms with Gasteiger partial charge in [0.15, 0.2) is 0 Å². The van der Waals surface area contributed by atoms with E-state index in [9.17, 15) is 4.79 Å². The molecule has 0 aromatic carbocycles. The van der Waals surface area contributed by atoms with Gasteiger partial charge in [-0.2, -0.15) is 0 Å². The maximum Gasteiger partial charge on any atom is 0.343 e. The first kappa shape index (κ1) is 13.0. The van der Waals surface area contributed by atoms with E-state index in [1.54, 1.807) is 13.1 Å². The third kappa shape index (κ3) is 2.87. The van der Waals surface area contributed by atoms with Crippen molar-refractivity contribution < 1.29 is 9.53 Å². The molecule has 7 heteroatoms. The molecule has 100 valence electrons. The minimum atomic E-state index is -0.470. The van der Waals surface area contributed by atoms with Crippen molar-refractivity contribution >= 4 is 11.8 Å². The normalized spacial score (nSPS) is 10.3. The van der Waals surface area contributed by atoms with Crippen molar-refractivity contribution in [1.29, 1.82) is 0 Å². The van der Waals surface area contributed by atoms with Gasteiger partial charge in [-0.05, 0) is 6.92 Å². The molecule has 19 heavy (non-hydrogen) atoms. The van der Waals surface area contributed by atoms with Crippen molar-refractivity contribution in [1.82, 2.24) is 19.5 Å². The summed E-state index contributed by atoms with van der Waals surface area (Å²) in [5.41, 5.74) is 0.308. The third-order valence-electron chi connectivity index (χ3n) is 2.65. The van der Waals surface area contributed by atoms with Crippen LogP contribution in [0.1, 0.15) is 22.0 Å². The van der Waals surface area contributed by atoms with Crippen LogP contribution in [0.25, 0.3) is 0 Å². The smallest absolute Gasteiger partial charge is 0.343 e. The molecule has 0 saturated carbocycles. The fourth-order valence-electron chi connectivity index (χ4n) is 1.59. The fraction of sp³-hybridized carbons (Fsp3) is 0.333. The molecule has 0 aliphatic carbocycles. The minimum Gasteiger partial charge on any atom is -0.465 e. The predicted octanol–water partition coefficient (Wildman–Crippen LogP) is 0.917. The number of carbonyl (C=O) groups is 1. The Morgan fingerprint density at radius 2 is 2.26 bits per heavy atom. The van der Waals surface area contributed by atoms with Crippen LogP contribution in [0.4, 0.5) is 5.82 Å². The number of nitrogens with one attached hydrogen (secondary N) is 1. The summed E-state index contributed by atoms with van der Waals surface area (Å²) in [6.45, 7) is 2.22. The molecule has 0 unspecified atom stereocenters. The number of ether oxygens (including phenoxy) is 1. The zero-order chi connectivity index (χ0) is 13.8. The quantitative estimate of drug-likeness (QED) is 0.824. The lowest BCUT2D eigenvalue weighted by atomic mass is 10.3. The molecular weight excluding hydrogens is 246 g/mol. The molecule has 0 spiro atoms. The summed E-state index contributed by atoms with van der Waals surface area (Å²) in [7, 11) is 3.22. The maximum atomic E-state index is 11.6. The van der Waals surface area contributed by atoms with Gasteiger partial charge in [0.05, 0.1) is 13.7 Å². The molecular formula is C12H15N5O2. The highest BCUT2D eigenvalue weighted by molar-refractivity contribution is 5.94. The van der Waals surface area contributed by atoms with Crippen LogP contribution in [0.15, 0.2) is 18.6 Å². The molecule has 0 amide bonds. The average molecular weight is 261 g/mol. The molecule has 1 N–H and O–H groups in total. The number of rotatable bonds is 4. The van der Waals surface area contributed by atoms with E-state index in [0.29, 0.717) is 23.8 Å². The average Bonchev–Trinajstić information content (AvgIpc) is 2.81. The van der Waals surface area contributed by atoms with Gasteiger partial charge in [-0.3, -0.25) is 0 Å². The largest absolute Gasteiger partial charge is 0.465 e. The van der Waals surface area contributed by atoms with Gasteiger partial charge in [0.1, 0.15) is 23.0 Å². The van der Waals surface area contributed by atoms with E-state index in [0.717, 1.165) is 5.82 Å². The van der Waals surface area contributed by atoms with E-state index in [2.05, 4.69) is 20.3 Å². The van der Waals surface area contributed by atoms with Crippen LogP contribution in [0, 0.1) is 6.92 Å². The molecule has 2 aromatic rings. The molecule has 2 heterocycles. The predicted molar refractivity (Wildman–Crippen MR) is 68.6 cm³/mol. The Kier molecular flexibility index (Phi) is 3.74. The number of methoxy groups -OCH3 is 1. The Morgan fingerprint density at radius 3 is 2.89 bits per heavy atom. The maximum absolute atomic E-state index is 11.6. The van der Waals surface area contributed by atoms with Crippen molar-refractivity contribution in [3.63, 3.8) is 0 Å². The van der Waals surface area contributed by atoms with E-state index in [4.69, 9.17) is 4.74 Å². The SMILES string of the molecule is COC(=O)c1cnc(C)nc1NCc1nccn1C. The first-order valence-corrected chi connectivity index (χ1v) is 5.74. The van der Waals surface area contributed by atoms with Crippen LogP contribution in [0.3, 0.4) is 0 Å². The zero-order valence-corrected chi connectivity index (χ0v) is 11.0. The highest BCUT2D eigenvalue weighted by Crippen LogP contribution is 2.13. The van der Waals surface area contributed by atoms with Gasteiger partial charge in [0, 0.05) is 25.6 Å². The second kappa shape index (κ2) is 5.47. The van der Waals surface area contributed by atoms with Gasteiger partial charge in [0.2, 0.25) is 0 Å². The summed E-state index contributed by atoms with van der Waals surface area (Å²) in [4.78, 5) is 24.0. The van der Waals surface area contributed by atoms with Crippen molar-refractivity contribution in [2.45, 2.75) is 13.5 Å². The molecule has 0 atom stereocenters. The summed E-state index contributed by atoms with van der Waals surface area (Å²) < 4.78 is 6.59. The van der Waals surface area contributed by atoms with Gasteiger partial charge in [-0.25, -0.2) is 19.7 Å². The fourth-order valence-corrected chi connectivity index (χ4v) is 1.59. The molecule has 0 bridgehead atoms. The van der Waals surface area contributed by atoms with E-state index in [1.807, 2.05) is 17.8 Å². The lowest BCUT2D eigenvalue weighted by Gasteiger charge is -2.09.